The molecular weight excluding hydrogens is 406 g/mol. The molecule has 3 N–H and O–H groups in total. The number of amides is 1. The first kappa shape index (κ1) is 20.8. The summed E-state index contributed by atoms with van der Waals surface area (Å²) in [4.78, 5) is 25.4. The Balaban J connectivity index is 1.47. The SMILES string of the molecule is COc1cc(OCC2CC2)ccc1-c1ncnc2c(C(=O)NC3CCNCC3)c(C)[nH]c12. The van der Waals surface area contributed by atoms with E-state index >= 15 is 0 Å². The second kappa shape index (κ2) is 8.78. The number of piperidine rings is 1. The summed E-state index contributed by atoms with van der Waals surface area (Å²) in [6, 6.07) is 5.96. The van der Waals surface area contributed by atoms with E-state index in [0.717, 1.165) is 55.1 Å². The average molecular weight is 436 g/mol. The van der Waals surface area contributed by atoms with Gasteiger partial charge in [-0.05, 0) is 63.7 Å². The number of nitrogens with zero attached hydrogens (tertiary/aromatic N) is 2. The van der Waals surface area contributed by atoms with Crippen LogP contribution in [0.1, 0.15) is 41.7 Å². The maximum absolute atomic E-state index is 13.1. The van der Waals surface area contributed by atoms with Crippen molar-refractivity contribution in [3.63, 3.8) is 0 Å². The molecule has 2 aliphatic rings. The van der Waals surface area contributed by atoms with Crippen LogP contribution in [-0.2, 0) is 0 Å². The van der Waals surface area contributed by atoms with Crippen LogP contribution in [0.2, 0.25) is 0 Å². The van der Waals surface area contributed by atoms with Gasteiger partial charge < -0.3 is 25.1 Å². The summed E-state index contributed by atoms with van der Waals surface area (Å²) in [5.74, 6) is 2.04. The van der Waals surface area contributed by atoms with Crippen molar-refractivity contribution in [1.29, 1.82) is 0 Å². The molecule has 8 nitrogen and oxygen atoms in total. The van der Waals surface area contributed by atoms with Crippen LogP contribution in [0.5, 0.6) is 11.5 Å². The summed E-state index contributed by atoms with van der Waals surface area (Å²) >= 11 is 0. The van der Waals surface area contributed by atoms with Crippen LogP contribution < -0.4 is 20.1 Å². The Hall–Kier alpha value is -3.13. The number of benzene rings is 1. The van der Waals surface area contributed by atoms with Gasteiger partial charge in [0.25, 0.3) is 5.91 Å². The number of carbonyl (C=O) groups excluding carboxylic acids is 1. The number of carbonyl (C=O) groups is 1. The molecule has 1 aliphatic heterocycles. The van der Waals surface area contributed by atoms with Crippen molar-refractivity contribution in [2.45, 2.75) is 38.6 Å². The number of hydrogen-bond donors (Lipinski definition) is 3. The molecule has 2 aromatic heterocycles. The zero-order valence-electron chi connectivity index (χ0n) is 18.5. The van der Waals surface area contributed by atoms with Gasteiger partial charge in [-0.2, -0.15) is 0 Å². The summed E-state index contributed by atoms with van der Waals surface area (Å²) in [6.45, 7) is 4.48. The third-order valence-corrected chi connectivity index (χ3v) is 6.28. The largest absolute Gasteiger partial charge is 0.496 e. The number of nitrogens with one attached hydrogen (secondary N) is 3. The molecule has 3 aromatic rings. The third-order valence-electron chi connectivity index (χ3n) is 6.28. The highest BCUT2D eigenvalue weighted by molar-refractivity contribution is 6.09. The van der Waals surface area contributed by atoms with Gasteiger partial charge in [-0.1, -0.05) is 0 Å². The minimum absolute atomic E-state index is 0.0962. The van der Waals surface area contributed by atoms with Crippen LogP contribution >= 0.6 is 0 Å². The van der Waals surface area contributed by atoms with E-state index in [-0.39, 0.29) is 11.9 Å². The molecule has 1 aromatic carbocycles. The van der Waals surface area contributed by atoms with Gasteiger partial charge in [-0.25, -0.2) is 9.97 Å². The van der Waals surface area contributed by atoms with Crippen molar-refractivity contribution >= 4 is 16.9 Å². The number of methoxy groups -OCH3 is 1. The topological polar surface area (TPSA) is 101 Å². The Morgan fingerprint density at radius 1 is 1.19 bits per heavy atom. The van der Waals surface area contributed by atoms with Gasteiger partial charge in [0.05, 0.1) is 24.8 Å². The van der Waals surface area contributed by atoms with Crippen molar-refractivity contribution in [3.8, 4) is 22.8 Å². The van der Waals surface area contributed by atoms with E-state index in [1.165, 1.54) is 19.2 Å². The van der Waals surface area contributed by atoms with Crippen molar-refractivity contribution in [2.24, 2.45) is 5.92 Å². The molecular formula is C24H29N5O3. The first-order valence-corrected chi connectivity index (χ1v) is 11.3. The number of H-pyrrole nitrogens is 1. The lowest BCUT2D eigenvalue weighted by molar-refractivity contribution is 0.0930. The number of aromatic nitrogens is 3. The second-order valence-corrected chi connectivity index (χ2v) is 8.69. The van der Waals surface area contributed by atoms with E-state index in [1.807, 2.05) is 25.1 Å². The molecule has 1 saturated heterocycles. The van der Waals surface area contributed by atoms with E-state index < -0.39 is 0 Å². The molecule has 0 radical (unpaired) electrons. The molecule has 1 amide bonds. The predicted molar refractivity (Wildman–Crippen MR) is 122 cm³/mol. The van der Waals surface area contributed by atoms with Crippen LogP contribution in [0.15, 0.2) is 24.5 Å². The summed E-state index contributed by atoms with van der Waals surface area (Å²) in [7, 11) is 1.64. The molecule has 0 spiro atoms. The Morgan fingerprint density at radius 3 is 2.75 bits per heavy atom. The van der Waals surface area contributed by atoms with Crippen LogP contribution in [-0.4, -0.2) is 53.7 Å². The van der Waals surface area contributed by atoms with Crippen LogP contribution in [0.4, 0.5) is 0 Å². The molecule has 1 aliphatic carbocycles. The third kappa shape index (κ3) is 4.14. The van der Waals surface area contributed by atoms with E-state index in [1.54, 1.807) is 7.11 Å². The fourth-order valence-corrected chi connectivity index (χ4v) is 4.28. The molecule has 5 rings (SSSR count). The number of ether oxygens (including phenoxy) is 2. The maximum atomic E-state index is 13.1. The summed E-state index contributed by atoms with van der Waals surface area (Å²) in [6.07, 6.45) is 5.85. The minimum Gasteiger partial charge on any atom is -0.496 e. The molecule has 32 heavy (non-hydrogen) atoms. The summed E-state index contributed by atoms with van der Waals surface area (Å²) < 4.78 is 11.6. The van der Waals surface area contributed by atoms with Gasteiger partial charge in [-0.3, -0.25) is 4.79 Å². The van der Waals surface area contributed by atoms with Crippen molar-refractivity contribution in [1.82, 2.24) is 25.6 Å². The fourth-order valence-electron chi connectivity index (χ4n) is 4.28. The molecule has 3 heterocycles. The van der Waals surface area contributed by atoms with E-state index in [2.05, 4.69) is 25.6 Å². The van der Waals surface area contributed by atoms with E-state index in [4.69, 9.17) is 9.47 Å². The zero-order chi connectivity index (χ0) is 22.1. The zero-order valence-corrected chi connectivity index (χ0v) is 18.5. The van der Waals surface area contributed by atoms with E-state index in [0.29, 0.717) is 28.4 Å². The van der Waals surface area contributed by atoms with Crippen LogP contribution in [0.25, 0.3) is 22.3 Å². The maximum Gasteiger partial charge on any atom is 0.255 e. The first-order chi connectivity index (χ1) is 15.6. The van der Waals surface area contributed by atoms with Gasteiger partial charge in [0.2, 0.25) is 0 Å². The highest BCUT2D eigenvalue weighted by atomic mass is 16.5. The monoisotopic (exact) mass is 435 g/mol. The highest BCUT2D eigenvalue weighted by Gasteiger charge is 2.25. The smallest absolute Gasteiger partial charge is 0.255 e. The first-order valence-electron chi connectivity index (χ1n) is 11.3. The quantitative estimate of drug-likeness (QED) is 0.527. The number of aromatic amines is 1. The second-order valence-electron chi connectivity index (χ2n) is 8.69. The van der Waals surface area contributed by atoms with Gasteiger partial charge in [0.15, 0.2) is 0 Å². The fraction of sp³-hybridized carbons (Fsp3) is 0.458. The highest BCUT2D eigenvalue weighted by Crippen LogP contribution is 2.37. The lowest BCUT2D eigenvalue weighted by Crippen LogP contribution is -2.42. The van der Waals surface area contributed by atoms with Gasteiger partial charge in [0, 0.05) is 23.4 Å². The lowest BCUT2D eigenvalue weighted by atomic mass is 10.1. The minimum atomic E-state index is -0.0962. The molecule has 0 atom stereocenters. The van der Waals surface area contributed by atoms with Crippen LogP contribution in [0, 0.1) is 12.8 Å². The van der Waals surface area contributed by atoms with Gasteiger partial charge >= 0.3 is 0 Å². The van der Waals surface area contributed by atoms with Gasteiger partial charge in [-0.15, -0.1) is 0 Å². The Labute approximate surface area is 187 Å². The van der Waals surface area contributed by atoms with Crippen molar-refractivity contribution < 1.29 is 14.3 Å². The van der Waals surface area contributed by atoms with Crippen molar-refractivity contribution in [3.05, 3.63) is 35.8 Å². The number of hydrogen-bond acceptors (Lipinski definition) is 6. The van der Waals surface area contributed by atoms with Gasteiger partial charge in [0.1, 0.15) is 29.0 Å². The Morgan fingerprint density at radius 2 is 2.00 bits per heavy atom. The number of rotatable bonds is 7. The molecule has 0 unspecified atom stereocenters. The standard InChI is InChI=1S/C24H29N5O3/c1-14-20(24(30)29-16-7-9-25-10-8-16)22-23(28-14)21(26-13-27-22)18-6-5-17(11-19(18)31-2)32-12-15-3-4-15/h5-6,11,13,15-16,25,28H,3-4,7-10,12H2,1-2H3,(H,29,30). The number of fused-ring (bicyclic) bond motifs is 1. The molecule has 1 saturated carbocycles. The molecule has 0 bridgehead atoms. The Bertz CT molecular complexity index is 1130. The number of aryl methyl sites for hydroxylation is 1. The molecule has 168 valence electrons. The molecule has 2 fully saturated rings. The van der Waals surface area contributed by atoms with Crippen LogP contribution in [0.3, 0.4) is 0 Å². The van der Waals surface area contributed by atoms with Crippen molar-refractivity contribution in [2.75, 3.05) is 26.8 Å². The summed E-state index contributed by atoms with van der Waals surface area (Å²) in [5, 5.41) is 6.49. The summed E-state index contributed by atoms with van der Waals surface area (Å²) in [5.41, 5.74) is 4.22. The Kier molecular flexibility index (Phi) is 5.70. The normalized spacial score (nSPS) is 16.8. The molecule has 8 heteroatoms. The predicted octanol–water partition coefficient (Wildman–Crippen LogP) is 3.21. The van der Waals surface area contributed by atoms with E-state index in [9.17, 15) is 4.79 Å². The lowest BCUT2D eigenvalue weighted by Gasteiger charge is -2.23. The average Bonchev–Trinajstić information content (AvgIpc) is 3.58.